The van der Waals surface area contributed by atoms with Crippen LogP contribution in [0.25, 0.3) is 0 Å². The van der Waals surface area contributed by atoms with Gasteiger partial charge in [-0.15, -0.1) is 0 Å². The lowest BCUT2D eigenvalue weighted by molar-refractivity contribution is -0.142. The van der Waals surface area contributed by atoms with E-state index in [2.05, 4.69) is 16.0 Å². The maximum absolute atomic E-state index is 12.3. The number of ketones is 1. The van der Waals surface area contributed by atoms with Crippen molar-refractivity contribution in [3.8, 4) is 0 Å². The normalized spacial score (nSPS) is 19.5. The molecule has 9 nitrogen and oxygen atoms in total. The molecule has 1 saturated heterocycles. The molecule has 4 N–H and O–H groups in total. The van der Waals surface area contributed by atoms with Gasteiger partial charge in [0.25, 0.3) is 5.91 Å². The summed E-state index contributed by atoms with van der Waals surface area (Å²) in [6.45, 7) is 6.46. The van der Waals surface area contributed by atoms with Gasteiger partial charge < -0.3 is 25.8 Å². The van der Waals surface area contributed by atoms with Crippen molar-refractivity contribution in [2.75, 3.05) is 13.2 Å². The Morgan fingerprint density at radius 2 is 2.00 bits per heavy atom. The van der Waals surface area contributed by atoms with E-state index in [0.29, 0.717) is 13.0 Å². The van der Waals surface area contributed by atoms with Gasteiger partial charge in [0.15, 0.2) is 0 Å². The molecule has 24 heavy (non-hydrogen) atoms. The summed E-state index contributed by atoms with van der Waals surface area (Å²) in [5.41, 5.74) is -1.19. The molecule has 1 rings (SSSR count). The zero-order valence-electron chi connectivity index (χ0n) is 14.3. The van der Waals surface area contributed by atoms with Crippen LogP contribution in [0.2, 0.25) is 0 Å². The number of alkyl carbamates (subject to hydrolysis) is 1. The third-order valence-corrected chi connectivity index (χ3v) is 3.35. The minimum Gasteiger partial charge on any atom is -0.447 e. The van der Waals surface area contributed by atoms with Gasteiger partial charge in [-0.2, -0.15) is 0 Å². The van der Waals surface area contributed by atoms with Crippen LogP contribution in [-0.4, -0.2) is 59.6 Å². The SMILES string of the molecule is CC(C)C(NC(=O)OCC(C)(C)O)C(=O)NC1CCNC(=O)C1=O. The summed E-state index contributed by atoms with van der Waals surface area (Å²) in [5.74, 6) is -2.28. The standard InChI is InChI=1S/C15H25N3O6/c1-8(2)10(18-14(22)24-7-15(3,4)23)12(20)17-9-5-6-16-13(21)11(9)19/h8-10,23H,5-7H2,1-4H3,(H,16,21)(H,17,20)(H,18,22). The number of hydrogen-bond donors (Lipinski definition) is 4. The first kappa shape index (κ1) is 19.9. The quantitative estimate of drug-likeness (QED) is 0.461. The van der Waals surface area contributed by atoms with Gasteiger partial charge in [0.1, 0.15) is 12.6 Å². The fourth-order valence-corrected chi connectivity index (χ4v) is 2.05. The largest absolute Gasteiger partial charge is 0.447 e. The second-order valence-corrected chi connectivity index (χ2v) is 6.72. The van der Waals surface area contributed by atoms with Gasteiger partial charge in [-0.1, -0.05) is 13.8 Å². The number of carbonyl (C=O) groups is 4. The van der Waals surface area contributed by atoms with E-state index in [9.17, 15) is 24.3 Å². The van der Waals surface area contributed by atoms with E-state index >= 15 is 0 Å². The van der Waals surface area contributed by atoms with E-state index < -0.39 is 41.4 Å². The number of nitrogens with one attached hydrogen (secondary N) is 3. The molecule has 136 valence electrons. The van der Waals surface area contributed by atoms with Crippen LogP contribution >= 0.6 is 0 Å². The minimum absolute atomic E-state index is 0.230. The average molecular weight is 343 g/mol. The molecule has 1 aliphatic heterocycles. The summed E-state index contributed by atoms with van der Waals surface area (Å²) in [4.78, 5) is 47.1. The van der Waals surface area contributed by atoms with Gasteiger partial charge in [0, 0.05) is 6.54 Å². The van der Waals surface area contributed by atoms with Crippen LogP contribution < -0.4 is 16.0 Å². The third kappa shape index (κ3) is 6.15. The molecule has 1 aliphatic rings. The Morgan fingerprint density at radius 1 is 1.38 bits per heavy atom. The Morgan fingerprint density at radius 3 is 2.54 bits per heavy atom. The van der Waals surface area contributed by atoms with Crippen molar-refractivity contribution in [1.29, 1.82) is 0 Å². The summed E-state index contributed by atoms with van der Waals surface area (Å²) in [5, 5.41) is 16.8. The van der Waals surface area contributed by atoms with Crippen molar-refractivity contribution in [1.82, 2.24) is 16.0 Å². The van der Waals surface area contributed by atoms with Gasteiger partial charge in [0.05, 0.1) is 11.6 Å². The van der Waals surface area contributed by atoms with Crippen LogP contribution in [0.15, 0.2) is 0 Å². The lowest BCUT2D eigenvalue weighted by Gasteiger charge is -2.27. The van der Waals surface area contributed by atoms with E-state index in [1.807, 2.05) is 0 Å². The molecular weight excluding hydrogens is 318 g/mol. The van der Waals surface area contributed by atoms with Gasteiger partial charge in [-0.3, -0.25) is 14.4 Å². The monoisotopic (exact) mass is 343 g/mol. The number of Topliss-reactive ketones (excluding diaryl/α,β-unsaturated/α-hetero) is 1. The first-order valence-electron chi connectivity index (χ1n) is 7.79. The molecular formula is C15H25N3O6. The second kappa shape index (κ2) is 8.09. The van der Waals surface area contributed by atoms with E-state index in [1.165, 1.54) is 13.8 Å². The Balaban J connectivity index is 2.63. The number of carbonyl (C=O) groups excluding carboxylic acids is 4. The predicted octanol–water partition coefficient (Wildman–Crippen LogP) is -0.918. The number of hydrogen-bond acceptors (Lipinski definition) is 6. The molecule has 3 amide bonds. The molecule has 0 aromatic carbocycles. The van der Waals surface area contributed by atoms with Crippen LogP contribution in [0.5, 0.6) is 0 Å². The van der Waals surface area contributed by atoms with Crippen LogP contribution in [0.3, 0.4) is 0 Å². The molecule has 2 atom stereocenters. The highest BCUT2D eigenvalue weighted by atomic mass is 16.6. The molecule has 0 radical (unpaired) electrons. The Bertz CT molecular complexity index is 512. The summed E-state index contributed by atoms with van der Waals surface area (Å²) in [6, 6.07) is -1.83. The van der Waals surface area contributed by atoms with Gasteiger partial charge in [0.2, 0.25) is 11.7 Å². The van der Waals surface area contributed by atoms with Crippen LogP contribution in [0.1, 0.15) is 34.1 Å². The molecule has 0 spiro atoms. The molecule has 0 aliphatic carbocycles. The fraction of sp³-hybridized carbons (Fsp3) is 0.733. The Labute approximate surface area is 140 Å². The smallest absolute Gasteiger partial charge is 0.407 e. The van der Waals surface area contributed by atoms with Crippen LogP contribution in [0.4, 0.5) is 4.79 Å². The van der Waals surface area contributed by atoms with Crippen molar-refractivity contribution >= 4 is 23.7 Å². The predicted molar refractivity (Wildman–Crippen MR) is 84.0 cm³/mol. The third-order valence-electron chi connectivity index (χ3n) is 3.35. The molecule has 0 aromatic heterocycles. The van der Waals surface area contributed by atoms with Gasteiger partial charge in [-0.25, -0.2) is 4.79 Å². The number of aliphatic hydroxyl groups is 1. The highest BCUT2D eigenvalue weighted by Gasteiger charge is 2.33. The molecule has 0 bridgehead atoms. The van der Waals surface area contributed by atoms with Crippen molar-refractivity contribution in [3.05, 3.63) is 0 Å². The maximum atomic E-state index is 12.3. The van der Waals surface area contributed by atoms with Crippen molar-refractivity contribution in [2.45, 2.75) is 51.8 Å². The minimum atomic E-state index is -1.19. The van der Waals surface area contributed by atoms with Gasteiger partial charge >= 0.3 is 6.09 Å². The summed E-state index contributed by atoms with van der Waals surface area (Å²) < 4.78 is 4.85. The molecule has 2 unspecified atom stereocenters. The first-order valence-corrected chi connectivity index (χ1v) is 7.79. The highest BCUT2D eigenvalue weighted by molar-refractivity contribution is 6.39. The molecule has 0 aromatic rings. The summed E-state index contributed by atoms with van der Waals surface area (Å²) in [6.07, 6.45) is -0.553. The molecule has 9 heteroatoms. The molecule has 0 saturated carbocycles. The summed E-state index contributed by atoms with van der Waals surface area (Å²) >= 11 is 0. The molecule has 1 fully saturated rings. The van der Waals surface area contributed by atoms with E-state index in [4.69, 9.17) is 4.74 Å². The second-order valence-electron chi connectivity index (χ2n) is 6.72. The lowest BCUT2D eigenvalue weighted by atomic mass is 10.0. The van der Waals surface area contributed by atoms with E-state index in [0.717, 1.165) is 0 Å². The Kier molecular flexibility index (Phi) is 6.70. The fourth-order valence-electron chi connectivity index (χ4n) is 2.05. The zero-order chi connectivity index (χ0) is 18.5. The topological polar surface area (TPSA) is 134 Å². The highest BCUT2D eigenvalue weighted by Crippen LogP contribution is 2.07. The number of piperidine rings is 1. The van der Waals surface area contributed by atoms with E-state index in [1.54, 1.807) is 13.8 Å². The number of rotatable bonds is 6. The van der Waals surface area contributed by atoms with Crippen molar-refractivity contribution < 1.29 is 29.0 Å². The van der Waals surface area contributed by atoms with E-state index in [-0.39, 0.29) is 12.5 Å². The van der Waals surface area contributed by atoms with Crippen molar-refractivity contribution in [2.24, 2.45) is 5.92 Å². The summed E-state index contributed by atoms with van der Waals surface area (Å²) in [7, 11) is 0. The van der Waals surface area contributed by atoms with Gasteiger partial charge in [-0.05, 0) is 26.2 Å². The lowest BCUT2D eigenvalue weighted by Crippen LogP contribution is -2.58. The number of ether oxygens (including phenoxy) is 1. The number of amides is 3. The molecule has 1 heterocycles. The van der Waals surface area contributed by atoms with Crippen LogP contribution in [0, 0.1) is 5.92 Å². The average Bonchev–Trinajstić information content (AvgIpc) is 2.46. The van der Waals surface area contributed by atoms with Crippen molar-refractivity contribution in [3.63, 3.8) is 0 Å². The zero-order valence-corrected chi connectivity index (χ0v) is 14.3. The Hall–Kier alpha value is -2.16. The van der Waals surface area contributed by atoms with Crippen LogP contribution in [-0.2, 0) is 19.1 Å². The maximum Gasteiger partial charge on any atom is 0.407 e. The first-order chi connectivity index (χ1) is 11.0.